The zero-order valence-corrected chi connectivity index (χ0v) is 15.9. The predicted octanol–water partition coefficient (Wildman–Crippen LogP) is 5.81. The molecule has 0 saturated carbocycles. The first-order valence-corrected chi connectivity index (χ1v) is 8.92. The Labute approximate surface area is 167 Å². The molecule has 0 aliphatic rings. The molecule has 3 aromatic rings. The second-order valence-corrected chi connectivity index (χ2v) is 6.89. The monoisotopic (exact) mass is 398 g/mol. The van der Waals surface area contributed by atoms with Crippen molar-refractivity contribution in [3.63, 3.8) is 0 Å². The maximum Gasteiger partial charge on any atom is 0.255 e. The molecular formula is C21H16Cl2N2O2. The number of hydrogen-bond acceptors (Lipinski definition) is 2. The third-order valence-electron chi connectivity index (χ3n) is 3.78. The van der Waals surface area contributed by atoms with E-state index in [2.05, 4.69) is 10.6 Å². The van der Waals surface area contributed by atoms with E-state index in [4.69, 9.17) is 23.2 Å². The van der Waals surface area contributed by atoms with Crippen LogP contribution in [-0.4, -0.2) is 11.8 Å². The lowest BCUT2D eigenvalue weighted by molar-refractivity contribution is 0.101. The van der Waals surface area contributed by atoms with Crippen molar-refractivity contribution < 1.29 is 9.59 Å². The lowest BCUT2D eigenvalue weighted by Gasteiger charge is -2.09. The van der Waals surface area contributed by atoms with Gasteiger partial charge in [0.05, 0.1) is 0 Å². The van der Waals surface area contributed by atoms with E-state index in [1.807, 2.05) is 31.2 Å². The molecule has 0 heterocycles. The summed E-state index contributed by atoms with van der Waals surface area (Å²) >= 11 is 11.9. The first-order chi connectivity index (χ1) is 12.9. The molecule has 0 aromatic heterocycles. The predicted molar refractivity (Wildman–Crippen MR) is 110 cm³/mol. The minimum atomic E-state index is -0.365. The lowest BCUT2D eigenvalue weighted by Crippen LogP contribution is -2.14. The van der Waals surface area contributed by atoms with Crippen LogP contribution in [0.15, 0.2) is 66.7 Å². The van der Waals surface area contributed by atoms with Gasteiger partial charge in [0, 0.05) is 32.5 Å². The normalized spacial score (nSPS) is 10.3. The van der Waals surface area contributed by atoms with Crippen molar-refractivity contribution >= 4 is 46.4 Å². The summed E-state index contributed by atoms with van der Waals surface area (Å²) in [5.74, 6) is -0.627. The summed E-state index contributed by atoms with van der Waals surface area (Å²) in [7, 11) is 0. The van der Waals surface area contributed by atoms with E-state index >= 15 is 0 Å². The number of carbonyl (C=O) groups is 2. The summed E-state index contributed by atoms with van der Waals surface area (Å²) in [4.78, 5) is 24.9. The Balaban J connectivity index is 1.75. The number of anilines is 2. The van der Waals surface area contributed by atoms with Gasteiger partial charge < -0.3 is 10.6 Å². The molecular weight excluding hydrogens is 383 g/mol. The van der Waals surface area contributed by atoms with Crippen LogP contribution in [0.3, 0.4) is 0 Å². The maximum atomic E-state index is 12.5. The summed E-state index contributed by atoms with van der Waals surface area (Å²) in [6.45, 7) is 1.95. The van der Waals surface area contributed by atoms with Gasteiger partial charge in [-0.3, -0.25) is 9.59 Å². The van der Waals surface area contributed by atoms with Crippen LogP contribution in [0.5, 0.6) is 0 Å². The van der Waals surface area contributed by atoms with Gasteiger partial charge in [0.25, 0.3) is 11.8 Å². The molecule has 0 aliphatic carbocycles. The quantitative estimate of drug-likeness (QED) is 0.582. The molecule has 4 nitrogen and oxygen atoms in total. The van der Waals surface area contributed by atoms with Gasteiger partial charge in [0.15, 0.2) is 0 Å². The highest BCUT2D eigenvalue weighted by Gasteiger charge is 2.11. The minimum absolute atomic E-state index is 0.262. The number of amides is 2. The fraction of sp³-hybridized carbons (Fsp3) is 0.0476. The molecule has 2 N–H and O–H groups in total. The van der Waals surface area contributed by atoms with Crippen LogP contribution in [0.4, 0.5) is 11.4 Å². The fourth-order valence-corrected chi connectivity index (χ4v) is 3.08. The second kappa shape index (κ2) is 8.25. The van der Waals surface area contributed by atoms with Crippen LogP contribution in [0.25, 0.3) is 0 Å². The number of rotatable bonds is 4. The van der Waals surface area contributed by atoms with E-state index in [0.29, 0.717) is 32.5 Å². The molecule has 0 fully saturated rings. The van der Waals surface area contributed by atoms with Gasteiger partial charge in [-0.25, -0.2) is 0 Å². The highest BCUT2D eigenvalue weighted by atomic mass is 35.5. The Kier molecular flexibility index (Phi) is 5.79. The van der Waals surface area contributed by atoms with Gasteiger partial charge in [-0.2, -0.15) is 0 Å². The number of aryl methyl sites for hydroxylation is 1. The Morgan fingerprint density at radius 2 is 1.26 bits per heavy atom. The molecule has 0 aliphatic heterocycles. The van der Waals surface area contributed by atoms with E-state index in [9.17, 15) is 9.59 Å². The molecule has 0 atom stereocenters. The van der Waals surface area contributed by atoms with Crippen LogP contribution in [0.2, 0.25) is 10.0 Å². The van der Waals surface area contributed by atoms with Crippen molar-refractivity contribution in [2.24, 2.45) is 0 Å². The molecule has 0 bridgehead atoms. The van der Waals surface area contributed by atoms with E-state index < -0.39 is 0 Å². The highest BCUT2D eigenvalue weighted by molar-refractivity contribution is 6.35. The van der Waals surface area contributed by atoms with Crippen LogP contribution in [0.1, 0.15) is 26.3 Å². The van der Waals surface area contributed by atoms with Crippen LogP contribution in [-0.2, 0) is 0 Å². The molecule has 6 heteroatoms. The summed E-state index contributed by atoms with van der Waals surface area (Å²) < 4.78 is 0. The van der Waals surface area contributed by atoms with Crippen molar-refractivity contribution in [3.05, 3.63) is 93.5 Å². The van der Waals surface area contributed by atoms with E-state index in [1.54, 1.807) is 30.3 Å². The molecule has 0 radical (unpaired) electrons. The molecule has 3 aromatic carbocycles. The summed E-state index contributed by atoms with van der Waals surface area (Å²) in [6.07, 6.45) is 0. The van der Waals surface area contributed by atoms with Gasteiger partial charge in [0.1, 0.15) is 0 Å². The number of nitrogens with one attached hydrogen (secondary N) is 2. The first kappa shape index (κ1) is 19.0. The third kappa shape index (κ3) is 5.09. The van der Waals surface area contributed by atoms with Crippen LogP contribution < -0.4 is 10.6 Å². The summed E-state index contributed by atoms with van der Waals surface area (Å²) in [6, 6.07) is 18.8. The van der Waals surface area contributed by atoms with Crippen molar-refractivity contribution in [3.8, 4) is 0 Å². The maximum absolute atomic E-state index is 12.5. The second-order valence-electron chi connectivity index (χ2n) is 6.02. The van der Waals surface area contributed by atoms with E-state index in [0.717, 1.165) is 5.56 Å². The molecule has 0 saturated heterocycles. The van der Waals surface area contributed by atoms with Gasteiger partial charge in [0.2, 0.25) is 0 Å². The Bertz CT molecular complexity index is 998. The lowest BCUT2D eigenvalue weighted by atomic mass is 10.1. The number of halogens is 2. The first-order valence-electron chi connectivity index (χ1n) is 8.16. The van der Waals surface area contributed by atoms with Gasteiger partial charge >= 0.3 is 0 Å². The fourth-order valence-electron chi connectivity index (χ4n) is 2.55. The van der Waals surface area contributed by atoms with Crippen molar-refractivity contribution in [1.29, 1.82) is 0 Å². The third-order valence-corrected chi connectivity index (χ3v) is 4.22. The number of benzene rings is 3. The average molecular weight is 399 g/mol. The molecule has 0 unspecified atom stereocenters. The number of hydrogen-bond donors (Lipinski definition) is 2. The Hall–Kier alpha value is -2.82. The largest absolute Gasteiger partial charge is 0.322 e. The standard InChI is InChI=1S/C21H16Cl2N2O2/c1-13-4-2-6-18(8-13)24-20(26)14-5-3-7-19(11-14)25-21(27)15-9-16(22)12-17(23)10-15/h2-12H,1H3,(H,24,26)(H,25,27). The van der Waals surface area contributed by atoms with Crippen molar-refractivity contribution in [2.45, 2.75) is 6.92 Å². The number of carbonyl (C=O) groups excluding carboxylic acids is 2. The smallest absolute Gasteiger partial charge is 0.255 e. The zero-order chi connectivity index (χ0) is 19.4. The molecule has 27 heavy (non-hydrogen) atoms. The average Bonchev–Trinajstić information content (AvgIpc) is 2.61. The highest BCUT2D eigenvalue weighted by Crippen LogP contribution is 2.21. The summed E-state index contributed by atoms with van der Waals surface area (Å²) in [5, 5.41) is 6.33. The van der Waals surface area contributed by atoms with Gasteiger partial charge in [-0.1, -0.05) is 41.4 Å². The SMILES string of the molecule is Cc1cccc(NC(=O)c2cccc(NC(=O)c3cc(Cl)cc(Cl)c3)c2)c1. The van der Waals surface area contributed by atoms with Gasteiger partial charge in [-0.15, -0.1) is 0 Å². The van der Waals surface area contributed by atoms with Crippen molar-refractivity contribution in [1.82, 2.24) is 0 Å². The van der Waals surface area contributed by atoms with Crippen LogP contribution >= 0.6 is 23.2 Å². The molecule has 136 valence electrons. The Morgan fingerprint density at radius 3 is 1.89 bits per heavy atom. The topological polar surface area (TPSA) is 58.2 Å². The van der Waals surface area contributed by atoms with E-state index in [-0.39, 0.29) is 11.8 Å². The van der Waals surface area contributed by atoms with Crippen molar-refractivity contribution in [2.75, 3.05) is 10.6 Å². The summed E-state index contributed by atoms with van der Waals surface area (Å²) in [5.41, 5.74) is 3.02. The van der Waals surface area contributed by atoms with Gasteiger partial charge in [-0.05, 0) is 61.0 Å². The van der Waals surface area contributed by atoms with Crippen LogP contribution in [0, 0.1) is 6.92 Å². The zero-order valence-electron chi connectivity index (χ0n) is 14.4. The van der Waals surface area contributed by atoms with E-state index in [1.165, 1.54) is 12.1 Å². The molecule has 0 spiro atoms. The Morgan fingerprint density at radius 1 is 0.704 bits per heavy atom. The molecule has 3 rings (SSSR count). The molecule has 2 amide bonds. The minimum Gasteiger partial charge on any atom is -0.322 e.